The minimum Gasteiger partial charge on any atom is -0.507 e. The highest BCUT2D eigenvalue weighted by Gasteiger charge is 2.23. The Labute approximate surface area is 155 Å². The van der Waals surface area contributed by atoms with Gasteiger partial charge in [0, 0.05) is 37.8 Å². The molecule has 1 aliphatic heterocycles. The number of nitrogens with zero attached hydrogens (tertiary/aromatic N) is 2. The van der Waals surface area contributed by atoms with E-state index in [2.05, 4.69) is 0 Å². The fourth-order valence-electron chi connectivity index (χ4n) is 2.53. The second-order valence-corrected chi connectivity index (χ2v) is 5.75. The van der Waals surface area contributed by atoms with E-state index in [9.17, 15) is 24.3 Å². The molecule has 0 unspecified atom stereocenters. The van der Waals surface area contributed by atoms with E-state index in [0.29, 0.717) is 26.2 Å². The smallest absolute Gasteiger partial charge is 0.409 e. The number of amides is 2. The predicted octanol–water partition coefficient (Wildman–Crippen LogP) is 1.13. The molecule has 9 nitrogen and oxygen atoms in total. The van der Waals surface area contributed by atoms with Gasteiger partial charge in [0.05, 0.1) is 6.61 Å². The van der Waals surface area contributed by atoms with Crippen molar-refractivity contribution in [2.75, 3.05) is 32.8 Å². The Morgan fingerprint density at radius 2 is 1.70 bits per heavy atom. The van der Waals surface area contributed by atoms with Crippen LogP contribution in [0.15, 0.2) is 30.4 Å². The molecule has 2 N–H and O–H groups in total. The first kappa shape index (κ1) is 20.0. The van der Waals surface area contributed by atoms with Crippen LogP contribution in [-0.4, -0.2) is 76.6 Å². The van der Waals surface area contributed by atoms with Gasteiger partial charge >= 0.3 is 12.1 Å². The quantitative estimate of drug-likeness (QED) is 0.583. The maximum absolute atomic E-state index is 12.2. The van der Waals surface area contributed by atoms with Crippen LogP contribution in [-0.2, 0) is 9.53 Å². The van der Waals surface area contributed by atoms with E-state index in [0.717, 1.165) is 24.3 Å². The molecule has 2 amide bonds. The van der Waals surface area contributed by atoms with Crippen LogP contribution < -0.4 is 0 Å². The molecular formula is C18H20N2O7. The van der Waals surface area contributed by atoms with Gasteiger partial charge in [0.1, 0.15) is 11.3 Å². The van der Waals surface area contributed by atoms with Crippen LogP contribution in [0, 0.1) is 0 Å². The highest BCUT2D eigenvalue weighted by atomic mass is 16.6. The molecule has 9 heteroatoms. The number of rotatable bonds is 5. The molecule has 0 saturated carbocycles. The Kier molecular flexibility index (Phi) is 6.53. The summed E-state index contributed by atoms with van der Waals surface area (Å²) in [5.41, 5.74) is -0.350. The summed E-state index contributed by atoms with van der Waals surface area (Å²) in [5, 5.41) is 18.4. The number of carboxylic acids is 1. The second-order valence-electron chi connectivity index (χ2n) is 5.75. The molecule has 1 aromatic carbocycles. The Hall–Kier alpha value is -3.36. The molecule has 2 rings (SSSR count). The van der Waals surface area contributed by atoms with E-state index in [4.69, 9.17) is 9.84 Å². The van der Waals surface area contributed by atoms with Crippen molar-refractivity contribution in [1.29, 1.82) is 0 Å². The Bertz CT molecular complexity index is 780. The van der Waals surface area contributed by atoms with Gasteiger partial charge in [-0.05, 0) is 31.2 Å². The average Bonchev–Trinajstić information content (AvgIpc) is 2.66. The number of benzene rings is 1. The number of aromatic carboxylic acids is 1. The van der Waals surface area contributed by atoms with Gasteiger partial charge in [-0.1, -0.05) is 0 Å². The molecule has 1 aromatic rings. The fraction of sp³-hybridized carbons (Fsp3) is 0.333. The summed E-state index contributed by atoms with van der Waals surface area (Å²) < 4.78 is 4.91. The molecule has 27 heavy (non-hydrogen) atoms. The number of hydrogen-bond acceptors (Lipinski definition) is 6. The number of piperazine rings is 1. The summed E-state index contributed by atoms with van der Waals surface area (Å²) in [6.45, 7) is 3.31. The lowest BCUT2D eigenvalue weighted by molar-refractivity contribution is -0.127. The summed E-state index contributed by atoms with van der Waals surface area (Å²) in [7, 11) is 0. The van der Waals surface area contributed by atoms with Gasteiger partial charge in [-0.2, -0.15) is 0 Å². The third-order valence-corrected chi connectivity index (χ3v) is 4.01. The molecule has 0 bridgehead atoms. The molecule has 0 aromatic heterocycles. The van der Waals surface area contributed by atoms with Gasteiger partial charge in [0.2, 0.25) is 5.91 Å². The number of allylic oxidation sites excluding steroid dienone is 1. The van der Waals surface area contributed by atoms with Crippen molar-refractivity contribution in [3.63, 3.8) is 0 Å². The molecule has 1 heterocycles. The maximum atomic E-state index is 12.2. The molecule has 0 radical (unpaired) electrons. The SMILES string of the molecule is CCOC(=O)N1CCN(C(=O)/C=C/C(=O)c2ccc(O)c(C(=O)O)c2)CC1. The lowest BCUT2D eigenvalue weighted by atomic mass is 10.1. The largest absolute Gasteiger partial charge is 0.507 e. The van der Waals surface area contributed by atoms with Gasteiger partial charge in [-0.25, -0.2) is 9.59 Å². The number of hydrogen-bond donors (Lipinski definition) is 2. The number of aromatic hydroxyl groups is 1. The van der Waals surface area contributed by atoms with Gasteiger partial charge < -0.3 is 24.7 Å². The highest BCUT2D eigenvalue weighted by molar-refractivity contribution is 6.08. The first-order valence-electron chi connectivity index (χ1n) is 8.32. The van der Waals surface area contributed by atoms with Crippen molar-refractivity contribution in [3.8, 4) is 5.75 Å². The van der Waals surface area contributed by atoms with Crippen LogP contribution in [0.4, 0.5) is 4.79 Å². The van der Waals surface area contributed by atoms with Gasteiger partial charge in [0.25, 0.3) is 0 Å². The molecule has 0 atom stereocenters. The predicted molar refractivity (Wildman–Crippen MR) is 93.7 cm³/mol. The van der Waals surface area contributed by atoms with Crippen LogP contribution in [0.25, 0.3) is 0 Å². The third-order valence-electron chi connectivity index (χ3n) is 4.01. The fourth-order valence-corrected chi connectivity index (χ4v) is 2.53. The Balaban J connectivity index is 1.95. The molecule has 0 aliphatic carbocycles. The van der Waals surface area contributed by atoms with E-state index in [1.54, 1.807) is 6.92 Å². The van der Waals surface area contributed by atoms with Crippen LogP contribution in [0.1, 0.15) is 27.6 Å². The second kappa shape index (κ2) is 8.84. The first-order chi connectivity index (χ1) is 12.8. The number of carbonyl (C=O) groups excluding carboxylic acids is 3. The number of phenols is 1. The van der Waals surface area contributed by atoms with Crippen molar-refractivity contribution < 1.29 is 34.1 Å². The normalized spacial score (nSPS) is 14.3. The summed E-state index contributed by atoms with van der Waals surface area (Å²) in [5.74, 6) is -2.75. The van der Waals surface area contributed by atoms with Gasteiger partial charge in [-0.15, -0.1) is 0 Å². The number of ketones is 1. The summed E-state index contributed by atoms with van der Waals surface area (Å²) in [4.78, 5) is 49.9. The molecule has 144 valence electrons. The van der Waals surface area contributed by atoms with E-state index >= 15 is 0 Å². The van der Waals surface area contributed by atoms with Crippen molar-refractivity contribution in [2.24, 2.45) is 0 Å². The first-order valence-corrected chi connectivity index (χ1v) is 8.32. The summed E-state index contributed by atoms with van der Waals surface area (Å²) in [6.07, 6.45) is 1.74. The van der Waals surface area contributed by atoms with E-state index in [1.165, 1.54) is 15.9 Å². The number of carbonyl (C=O) groups is 4. The Morgan fingerprint density at radius 3 is 2.30 bits per heavy atom. The minimum absolute atomic E-state index is 0.0429. The average molecular weight is 376 g/mol. The van der Waals surface area contributed by atoms with Gasteiger partial charge in [-0.3, -0.25) is 9.59 Å². The zero-order valence-electron chi connectivity index (χ0n) is 14.8. The molecular weight excluding hydrogens is 356 g/mol. The van der Waals surface area contributed by atoms with Crippen LogP contribution in [0.3, 0.4) is 0 Å². The van der Waals surface area contributed by atoms with Crippen molar-refractivity contribution >= 4 is 23.8 Å². The summed E-state index contributed by atoms with van der Waals surface area (Å²) in [6, 6.07) is 3.44. The van der Waals surface area contributed by atoms with Gasteiger partial charge in [0.15, 0.2) is 5.78 Å². The Morgan fingerprint density at radius 1 is 1.07 bits per heavy atom. The maximum Gasteiger partial charge on any atom is 0.409 e. The van der Waals surface area contributed by atoms with E-state index in [-0.39, 0.29) is 18.1 Å². The zero-order valence-corrected chi connectivity index (χ0v) is 14.8. The summed E-state index contributed by atoms with van der Waals surface area (Å²) >= 11 is 0. The van der Waals surface area contributed by atoms with Crippen LogP contribution in [0.2, 0.25) is 0 Å². The highest BCUT2D eigenvalue weighted by Crippen LogP contribution is 2.19. The van der Waals surface area contributed by atoms with E-state index < -0.39 is 29.2 Å². The molecule has 1 fully saturated rings. The molecule has 0 spiro atoms. The topological polar surface area (TPSA) is 124 Å². The van der Waals surface area contributed by atoms with E-state index in [1.807, 2.05) is 0 Å². The lowest BCUT2D eigenvalue weighted by Crippen LogP contribution is -2.50. The zero-order chi connectivity index (χ0) is 20.0. The van der Waals surface area contributed by atoms with Crippen molar-refractivity contribution in [3.05, 3.63) is 41.5 Å². The molecule has 1 aliphatic rings. The number of ether oxygens (including phenoxy) is 1. The lowest BCUT2D eigenvalue weighted by Gasteiger charge is -2.33. The van der Waals surface area contributed by atoms with Crippen molar-refractivity contribution in [1.82, 2.24) is 9.80 Å². The van der Waals surface area contributed by atoms with Crippen LogP contribution in [0.5, 0.6) is 5.75 Å². The molecule has 1 saturated heterocycles. The standard InChI is InChI=1S/C18H20N2O7/c1-2-27-18(26)20-9-7-19(8-10-20)16(23)6-5-14(21)12-3-4-15(22)13(11-12)17(24)25/h3-6,11,22H,2,7-10H2,1H3,(H,24,25)/b6-5+. The minimum atomic E-state index is -1.36. The third kappa shape index (κ3) is 5.06. The van der Waals surface area contributed by atoms with Crippen LogP contribution >= 0.6 is 0 Å². The van der Waals surface area contributed by atoms with Crippen molar-refractivity contribution in [2.45, 2.75) is 6.92 Å². The monoisotopic (exact) mass is 376 g/mol. The number of carboxylic acid groups (broad SMARTS) is 1.